The van der Waals surface area contributed by atoms with Crippen LogP contribution in [-0.2, 0) is 22.5 Å². The molecule has 1 saturated heterocycles. The molecule has 0 radical (unpaired) electrons. The van der Waals surface area contributed by atoms with Gasteiger partial charge in [-0.3, -0.25) is 9.69 Å². The summed E-state index contributed by atoms with van der Waals surface area (Å²) in [4.78, 5) is 15.4. The number of aliphatic hydroxyl groups excluding tert-OH is 1. The van der Waals surface area contributed by atoms with Crippen molar-refractivity contribution in [3.8, 4) is 11.5 Å². The van der Waals surface area contributed by atoms with Gasteiger partial charge in [-0.15, -0.1) is 0 Å². The number of hydrogen-bond acceptors (Lipinski definition) is 6. The molecule has 5 rings (SSSR count). The number of rotatable bonds is 4. The average Bonchev–Trinajstić information content (AvgIpc) is 3.10. The Morgan fingerprint density at radius 1 is 1.15 bits per heavy atom. The number of aliphatic hydroxyl groups is 1. The number of carbonyl (C=O) groups excluding carboxylic acids is 1. The SMILES string of the molecule is COc1cc2c(cc1OC)CN(C[C@H]1C(=O)O[C@@H]3CC4=CCC[C@@H](C)[C@@]4(C)[C@@H](O)[C@H]31)[C@@H](C)C2. The number of esters is 1. The molecule has 2 heterocycles. The number of methoxy groups -OCH3 is 2. The Morgan fingerprint density at radius 3 is 2.55 bits per heavy atom. The van der Waals surface area contributed by atoms with E-state index < -0.39 is 6.10 Å². The fourth-order valence-corrected chi connectivity index (χ4v) is 6.89. The van der Waals surface area contributed by atoms with E-state index in [1.54, 1.807) is 14.2 Å². The van der Waals surface area contributed by atoms with Gasteiger partial charge in [0.2, 0.25) is 0 Å². The molecule has 7 atom stereocenters. The van der Waals surface area contributed by atoms with Crippen LogP contribution in [0, 0.1) is 23.2 Å². The monoisotopic (exact) mass is 455 g/mol. The van der Waals surface area contributed by atoms with Gasteiger partial charge in [0.1, 0.15) is 6.10 Å². The molecule has 180 valence electrons. The lowest BCUT2D eigenvalue weighted by Crippen LogP contribution is -2.55. The lowest BCUT2D eigenvalue weighted by molar-refractivity contribution is -0.145. The van der Waals surface area contributed by atoms with Crippen molar-refractivity contribution >= 4 is 5.97 Å². The van der Waals surface area contributed by atoms with Crippen molar-refractivity contribution < 1.29 is 24.1 Å². The van der Waals surface area contributed by atoms with Crippen LogP contribution in [0.1, 0.15) is 51.2 Å². The highest BCUT2D eigenvalue weighted by atomic mass is 16.6. The van der Waals surface area contributed by atoms with E-state index in [-0.39, 0.29) is 35.4 Å². The molecule has 0 spiro atoms. The molecule has 2 aliphatic carbocycles. The third kappa shape index (κ3) is 3.48. The quantitative estimate of drug-likeness (QED) is 0.551. The minimum absolute atomic E-state index is 0.148. The molecule has 0 amide bonds. The minimum Gasteiger partial charge on any atom is -0.493 e. The lowest BCUT2D eigenvalue weighted by atomic mass is 9.55. The van der Waals surface area contributed by atoms with Crippen LogP contribution < -0.4 is 9.47 Å². The normalized spacial score (nSPS) is 38.0. The molecule has 6 nitrogen and oxygen atoms in total. The lowest BCUT2D eigenvalue weighted by Gasteiger charge is -2.52. The summed E-state index contributed by atoms with van der Waals surface area (Å²) in [6.45, 7) is 8.00. The first kappa shape index (κ1) is 22.7. The van der Waals surface area contributed by atoms with Gasteiger partial charge in [-0.05, 0) is 55.4 Å². The molecule has 1 aromatic rings. The zero-order valence-electron chi connectivity index (χ0n) is 20.5. The summed E-state index contributed by atoms with van der Waals surface area (Å²) in [6, 6.07) is 4.41. The van der Waals surface area contributed by atoms with E-state index >= 15 is 0 Å². The first-order valence-electron chi connectivity index (χ1n) is 12.3. The third-order valence-corrected chi connectivity index (χ3v) is 9.22. The summed E-state index contributed by atoms with van der Waals surface area (Å²) in [7, 11) is 3.32. The molecule has 0 bridgehead atoms. The number of nitrogens with zero attached hydrogens (tertiary/aromatic N) is 1. The summed E-state index contributed by atoms with van der Waals surface area (Å²) in [5.74, 6) is 1.27. The molecule has 0 unspecified atom stereocenters. The Kier molecular flexibility index (Phi) is 5.73. The van der Waals surface area contributed by atoms with Crippen molar-refractivity contribution in [1.82, 2.24) is 4.90 Å². The summed E-state index contributed by atoms with van der Waals surface area (Å²) in [5, 5.41) is 11.6. The Balaban J connectivity index is 1.40. The number of fused-ring (bicyclic) bond motifs is 3. The van der Waals surface area contributed by atoms with Crippen LogP contribution in [-0.4, -0.2) is 55.0 Å². The standard InChI is InChI=1S/C27H37NO5/c1-15-7-6-8-19-12-23-24(25(29)27(15,19)3)20(26(30)33-23)14-28-13-18-11-22(32-5)21(31-4)10-17(18)9-16(28)2/h8,10-11,15-16,20,23-25,29H,6-7,9,12-14H2,1-5H3/t15-,16+,20-,23-,24+,25+,27-/m1/s1. The predicted octanol–water partition coefficient (Wildman–Crippen LogP) is 3.74. The first-order valence-corrected chi connectivity index (χ1v) is 12.3. The summed E-state index contributed by atoms with van der Waals surface area (Å²) in [6.07, 6.45) is 5.29. The molecule has 6 heteroatoms. The predicted molar refractivity (Wildman–Crippen MR) is 125 cm³/mol. The molecule has 1 aromatic carbocycles. The summed E-state index contributed by atoms with van der Waals surface area (Å²) < 4.78 is 16.9. The zero-order valence-corrected chi connectivity index (χ0v) is 20.5. The average molecular weight is 456 g/mol. The molecule has 0 aromatic heterocycles. The van der Waals surface area contributed by atoms with Crippen molar-refractivity contribution in [2.75, 3.05) is 20.8 Å². The van der Waals surface area contributed by atoms with Gasteiger partial charge in [0.15, 0.2) is 11.5 Å². The highest BCUT2D eigenvalue weighted by Crippen LogP contribution is 2.56. The molecular weight excluding hydrogens is 418 g/mol. The van der Waals surface area contributed by atoms with Crippen LogP contribution >= 0.6 is 0 Å². The Hall–Kier alpha value is -2.05. The third-order valence-electron chi connectivity index (χ3n) is 9.22. The maximum atomic E-state index is 13.1. The van der Waals surface area contributed by atoms with Gasteiger partial charge in [-0.2, -0.15) is 0 Å². The van der Waals surface area contributed by atoms with E-state index in [1.165, 1.54) is 16.7 Å². The van der Waals surface area contributed by atoms with E-state index in [4.69, 9.17) is 14.2 Å². The van der Waals surface area contributed by atoms with E-state index in [9.17, 15) is 9.90 Å². The molecule has 1 N–H and O–H groups in total. The number of carbonyl (C=O) groups is 1. The van der Waals surface area contributed by atoms with E-state index in [0.717, 1.165) is 43.7 Å². The smallest absolute Gasteiger partial charge is 0.311 e. The fourth-order valence-electron chi connectivity index (χ4n) is 6.89. The van der Waals surface area contributed by atoms with Crippen molar-refractivity contribution in [2.45, 2.75) is 71.2 Å². The second-order valence-corrected chi connectivity index (χ2v) is 10.8. The van der Waals surface area contributed by atoms with Crippen LogP contribution in [0.5, 0.6) is 11.5 Å². The van der Waals surface area contributed by atoms with Crippen molar-refractivity contribution in [1.29, 1.82) is 0 Å². The largest absolute Gasteiger partial charge is 0.493 e. The first-order chi connectivity index (χ1) is 15.8. The number of ether oxygens (including phenoxy) is 3. The number of benzene rings is 1. The van der Waals surface area contributed by atoms with Crippen LogP contribution in [0.25, 0.3) is 0 Å². The van der Waals surface area contributed by atoms with Gasteiger partial charge in [-0.1, -0.05) is 25.5 Å². The van der Waals surface area contributed by atoms with Crippen molar-refractivity contribution in [2.24, 2.45) is 23.2 Å². The Bertz CT molecular complexity index is 974. The van der Waals surface area contributed by atoms with Gasteiger partial charge in [0, 0.05) is 36.9 Å². The van der Waals surface area contributed by atoms with Gasteiger partial charge in [0.25, 0.3) is 0 Å². The maximum Gasteiger partial charge on any atom is 0.311 e. The van der Waals surface area contributed by atoms with Crippen molar-refractivity contribution in [3.63, 3.8) is 0 Å². The van der Waals surface area contributed by atoms with Crippen LogP contribution in [0.15, 0.2) is 23.8 Å². The van der Waals surface area contributed by atoms with E-state index in [2.05, 4.69) is 43.9 Å². The topological polar surface area (TPSA) is 68.2 Å². The second kappa shape index (κ2) is 8.31. The van der Waals surface area contributed by atoms with Crippen LogP contribution in [0.3, 0.4) is 0 Å². The summed E-state index contributed by atoms with van der Waals surface area (Å²) >= 11 is 0. The van der Waals surface area contributed by atoms with Crippen molar-refractivity contribution in [3.05, 3.63) is 34.9 Å². The van der Waals surface area contributed by atoms with Gasteiger partial charge >= 0.3 is 5.97 Å². The van der Waals surface area contributed by atoms with Gasteiger partial charge < -0.3 is 19.3 Å². The van der Waals surface area contributed by atoms with Gasteiger partial charge in [-0.25, -0.2) is 0 Å². The molecule has 2 aliphatic heterocycles. The maximum absolute atomic E-state index is 13.1. The highest BCUT2D eigenvalue weighted by Gasteiger charge is 2.60. The van der Waals surface area contributed by atoms with Crippen LogP contribution in [0.4, 0.5) is 0 Å². The molecule has 1 saturated carbocycles. The molecular formula is C27H37NO5. The highest BCUT2D eigenvalue weighted by molar-refractivity contribution is 5.76. The molecule has 4 aliphatic rings. The zero-order chi connectivity index (χ0) is 23.5. The molecule has 2 fully saturated rings. The van der Waals surface area contributed by atoms with E-state index in [0.29, 0.717) is 12.5 Å². The van der Waals surface area contributed by atoms with Gasteiger partial charge in [0.05, 0.1) is 26.2 Å². The summed E-state index contributed by atoms with van der Waals surface area (Å²) in [5.41, 5.74) is 3.48. The second-order valence-electron chi connectivity index (χ2n) is 10.8. The van der Waals surface area contributed by atoms with Crippen LogP contribution in [0.2, 0.25) is 0 Å². The fraction of sp³-hybridized carbons (Fsp3) is 0.667. The van der Waals surface area contributed by atoms with E-state index in [1.807, 2.05) is 0 Å². The number of allylic oxidation sites excluding steroid dienone is 1. The number of hydrogen-bond donors (Lipinski definition) is 1. The minimum atomic E-state index is -0.564. The molecule has 33 heavy (non-hydrogen) atoms. The Morgan fingerprint density at radius 2 is 1.85 bits per heavy atom. The Labute approximate surface area is 196 Å².